The third kappa shape index (κ3) is 0.777. The van der Waals surface area contributed by atoms with Gasteiger partial charge in [-0.2, -0.15) is 0 Å². The van der Waals surface area contributed by atoms with Crippen molar-refractivity contribution in [1.82, 2.24) is 0 Å². The van der Waals surface area contributed by atoms with Crippen LogP contribution in [0.5, 0.6) is 0 Å². The van der Waals surface area contributed by atoms with Crippen LogP contribution in [0.4, 0.5) is 0 Å². The highest BCUT2D eigenvalue weighted by Gasteiger charge is 2.19. The van der Waals surface area contributed by atoms with Crippen LogP contribution in [0, 0.1) is 0 Å². The van der Waals surface area contributed by atoms with Gasteiger partial charge in [0.2, 0.25) is 0 Å². The van der Waals surface area contributed by atoms with Crippen LogP contribution in [0.25, 0.3) is 0 Å². The van der Waals surface area contributed by atoms with E-state index < -0.39 is 0 Å². The molecule has 1 rings (SSSR count). The summed E-state index contributed by atoms with van der Waals surface area (Å²) in [6.07, 6.45) is 1.11. The molecule has 0 unspecified atom stereocenters. The average molecular weight is 177 g/mol. The topological polar surface area (TPSA) is 37.3 Å². The molecule has 0 aliphatic heterocycles. The number of aliphatic hydroxyl groups excluding tert-OH is 1. The first-order valence-corrected chi connectivity index (χ1v) is 3.12. The van der Waals surface area contributed by atoms with Gasteiger partial charge in [-0.1, -0.05) is 15.9 Å². The number of carbonyl (C=O) groups excluding carboxylic acids is 1. The number of carbonyl (C=O) groups is 1. The maximum Gasteiger partial charge on any atom is 0.198 e. The van der Waals surface area contributed by atoms with Gasteiger partial charge >= 0.3 is 0 Å². The van der Waals surface area contributed by atoms with Crippen LogP contribution in [0.1, 0.15) is 12.8 Å². The van der Waals surface area contributed by atoms with Gasteiger partial charge in [0, 0.05) is 10.9 Å². The van der Waals surface area contributed by atoms with Crippen molar-refractivity contribution in [3.05, 3.63) is 10.2 Å². The molecule has 0 heterocycles. The van der Waals surface area contributed by atoms with Gasteiger partial charge in [0.05, 0.1) is 0 Å². The predicted octanol–water partition coefficient (Wildman–Crippen LogP) is 1.51. The molecule has 8 heavy (non-hydrogen) atoms. The fourth-order valence-corrected chi connectivity index (χ4v) is 1.03. The minimum absolute atomic E-state index is 0.0926. The smallest absolute Gasteiger partial charge is 0.198 e. The molecule has 1 N–H and O–H groups in total. The number of ketones is 1. The predicted molar refractivity (Wildman–Crippen MR) is 32.8 cm³/mol. The van der Waals surface area contributed by atoms with Crippen LogP contribution in [0.2, 0.25) is 0 Å². The number of halogens is 1. The summed E-state index contributed by atoms with van der Waals surface area (Å²) in [6, 6.07) is 0. The van der Waals surface area contributed by atoms with Crippen LogP contribution in [-0.2, 0) is 4.79 Å². The van der Waals surface area contributed by atoms with Crippen LogP contribution >= 0.6 is 15.9 Å². The monoisotopic (exact) mass is 176 g/mol. The van der Waals surface area contributed by atoms with Crippen LogP contribution < -0.4 is 0 Å². The molecule has 44 valence electrons. The molecule has 0 saturated carbocycles. The van der Waals surface area contributed by atoms with Gasteiger partial charge in [-0.25, -0.2) is 0 Å². The molecule has 1 aliphatic rings. The summed E-state index contributed by atoms with van der Waals surface area (Å²) in [6.45, 7) is 0. The van der Waals surface area contributed by atoms with Gasteiger partial charge in [-0.05, 0) is 6.42 Å². The summed E-state index contributed by atoms with van der Waals surface area (Å²) < 4.78 is 0.641. The maximum atomic E-state index is 10.4. The standard InChI is InChI=1S/C5H5BrO2/c6-3-1-2-4(7)5(3)8/h8H,1-2H2. The Morgan fingerprint density at radius 2 is 2.12 bits per heavy atom. The summed E-state index contributed by atoms with van der Waals surface area (Å²) in [5.74, 6) is -0.248. The Labute approximate surface area is 55.3 Å². The molecule has 0 saturated heterocycles. The van der Waals surface area contributed by atoms with Crippen LogP contribution in [0.3, 0.4) is 0 Å². The third-order valence-electron chi connectivity index (χ3n) is 1.09. The summed E-state index contributed by atoms with van der Waals surface area (Å²) in [5, 5.41) is 8.75. The quantitative estimate of drug-likeness (QED) is 0.608. The van der Waals surface area contributed by atoms with Gasteiger partial charge in [0.25, 0.3) is 0 Å². The van der Waals surface area contributed by atoms with Gasteiger partial charge in [0.1, 0.15) is 0 Å². The molecule has 0 bridgehead atoms. The Morgan fingerprint density at radius 3 is 2.25 bits per heavy atom. The summed E-state index contributed by atoms with van der Waals surface area (Å²) in [5.41, 5.74) is 0. The SMILES string of the molecule is O=C1CCC(Br)=C1O. The lowest BCUT2D eigenvalue weighted by atomic mass is 10.3. The second-order valence-electron chi connectivity index (χ2n) is 1.68. The first-order valence-electron chi connectivity index (χ1n) is 2.32. The Balaban J connectivity index is 2.86. The van der Waals surface area contributed by atoms with E-state index in [0.717, 1.165) is 0 Å². The van der Waals surface area contributed by atoms with Crippen molar-refractivity contribution in [2.75, 3.05) is 0 Å². The normalized spacial score (nSPS) is 20.4. The first-order chi connectivity index (χ1) is 3.72. The van der Waals surface area contributed by atoms with Crippen molar-refractivity contribution in [2.24, 2.45) is 0 Å². The highest BCUT2D eigenvalue weighted by molar-refractivity contribution is 9.11. The lowest BCUT2D eigenvalue weighted by Crippen LogP contribution is -1.92. The Bertz CT molecular complexity index is 160. The van der Waals surface area contributed by atoms with Gasteiger partial charge in [-0.15, -0.1) is 0 Å². The Hall–Kier alpha value is -0.310. The molecule has 0 aromatic rings. The van der Waals surface area contributed by atoms with Crippen LogP contribution in [0.15, 0.2) is 10.2 Å². The van der Waals surface area contributed by atoms with E-state index in [1.54, 1.807) is 0 Å². The summed E-state index contributed by atoms with van der Waals surface area (Å²) in [7, 11) is 0. The largest absolute Gasteiger partial charge is 0.504 e. The zero-order valence-corrected chi connectivity index (χ0v) is 5.73. The zero-order valence-electron chi connectivity index (χ0n) is 4.15. The van der Waals surface area contributed by atoms with E-state index in [9.17, 15) is 4.79 Å². The number of aliphatic hydroxyl groups is 1. The molecule has 0 aromatic heterocycles. The second kappa shape index (κ2) is 1.90. The molecular weight excluding hydrogens is 172 g/mol. The van der Waals surface area contributed by atoms with Crippen molar-refractivity contribution >= 4 is 21.7 Å². The van der Waals surface area contributed by atoms with Gasteiger partial charge in [-0.3, -0.25) is 4.79 Å². The molecule has 0 amide bonds. The highest BCUT2D eigenvalue weighted by atomic mass is 79.9. The lowest BCUT2D eigenvalue weighted by molar-refractivity contribution is -0.117. The summed E-state index contributed by atoms with van der Waals surface area (Å²) >= 11 is 3.05. The van der Waals surface area contributed by atoms with E-state index in [2.05, 4.69) is 15.9 Å². The van der Waals surface area contributed by atoms with Crippen molar-refractivity contribution in [3.63, 3.8) is 0 Å². The fourth-order valence-electron chi connectivity index (χ4n) is 0.611. The number of hydrogen-bond acceptors (Lipinski definition) is 2. The minimum atomic E-state index is -0.156. The van der Waals surface area contributed by atoms with Gasteiger partial charge in [0.15, 0.2) is 11.5 Å². The van der Waals surface area contributed by atoms with E-state index in [1.165, 1.54) is 0 Å². The van der Waals surface area contributed by atoms with Crippen molar-refractivity contribution < 1.29 is 9.90 Å². The molecule has 3 heteroatoms. The average Bonchev–Trinajstić information content (AvgIpc) is 1.98. The van der Waals surface area contributed by atoms with E-state index >= 15 is 0 Å². The molecular formula is C5H5BrO2. The highest BCUT2D eigenvalue weighted by Crippen LogP contribution is 2.25. The van der Waals surface area contributed by atoms with Crippen molar-refractivity contribution in [2.45, 2.75) is 12.8 Å². The number of allylic oxidation sites excluding steroid dienone is 2. The van der Waals surface area contributed by atoms with Gasteiger partial charge < -0.3 is 5.11 Å². The van der Waals surface area contributed by atoms with Crippen molar-refractivity contribution in [3.8, 4) is 0 Å². The maximum absolute atomic E-state index is 10.4. The van der Waals surface area contributed by atoms with E-state index in [1.807, 2.05) is 0 Å². The number of hydrogen-bond donors (Lipinski definition) is 1. The molecule has 0 aromatic carbocycles. The van der Waals surface area contributed by atoms with Crippen molar-refractivity contribution in [1.29, 1.82) is 0 Å². The third-order valence-corrected chi connectivity index (χ3v) is 1.86. The number of rotatable bonds is 0. The molecule has 1 aliphatic carbocycles. The molecule has 0 radical (unpaired) electrons. The molecule has 2 nitrogen and oxygen atoms in total. The summed E-state index contributed by atoms with van der Waals surface area (Å²) in [4.78, 5) is 10.4. The zero-order chi connectivity index (χ0) is 6.15. The lowest BCUT2D eigenvalue weighted by Gasteiger charge is -1.84. The Morgan fingerprint density at radius 1 is 1.50 bits per heavy atom. The van der Waals surface area contributed by atoms with E-state index in [-0.39, 0.29) is 11.5 Å². The first kappa shape index (κ1) is 5.82. The fraction of sp³-hybridized carbons (Fsp3) is 0.400. The van der Waals surface area contributed by atoms with Crippen LogP contribution in [-0.4, -0.2) is 10.9 Å². The second-order valence-corrected chi connectivity index (χ2v) is 2.63. The number of Topliss-reactive ketones (excluding diaryl/α,β-unsaturated/α-hetero) is 1. The molecule has 0 fully saturated rings. The Kier molecular flexibility index (Phi) is 1.38. The van der Waals surface area contributed by atoms with E-state index in [4.69, 9.17) is 5.11 Å². The van der Waals surface area contributed by atoms with E-state index in [0.29, 0.717) is 17.3 Å². The molecule has 0 atom stereocenters. The molecule has 0 spiro atoms. The minimum Gasteiger partial charge on any atom is -0.504 e.